The van der Waals surface area contributed by atoms with E-state index >= 15 is 0 Å². The monoisotopic (exact) mass is 584 g/mol. The minimum Gasteiger partial charge on any atom is -0.494 e. The van der Waals surface area contributed by atoms with Crippen molar-refractivity contribution in [1.29, 1.82) is 0 Å². The highest BCUT2D eigenvalue weighted by atomic mass is 35.5. The third-order valence-electron chi connectivity index (χ3n) is 8.18. The van der Waals surface area contributed by atoms with E-state index in [1.54, 1.807) is 4.90 Å². The predicted octanol–water partition coefficient (Wildman–Crippen LogP) is 3.44. The van der Waals surface area contributed by atoms with Gasteiger partial charge >= 0.3 is 0 Å². The van der Waals surface area contributed by atoms with Crippen molar-refractivity contribution in [3.63, 3.8) is 0 Å². The summed E-state index contributed by atoms with van der Waals surface area (Å²) in [6.45, 7) is 1.69. The number of ether oxygens (including phenoxy) is 1. The molecule has 4 fully saturated rings. The largest absolute Gasteiger partial charge is 0.494 e. The van der Waals surface area contributed by atoms with Crippen molar-refractivity contribution in [2.45, 2.75) is 24.8 Å². The van der Waals surface area contributed by atoms with E-state index in [2.05, 4.69) is 15.3 Å². The van der Waals surface area contributed by atoms with Crippen LogP contribution in [0.15, 0.2) is 36.5 Å². The summed E-state index contributed by atoms with van der Waals surface area (Å²) >= 11 is 6.41. The van der Waals surface area contributed by atoms with Crippen molar-refractivity contribution in [3.8, 4) is 17.0 Å². The Hall–Kier alpha value is -4.03. The molecule has 7 rings (SSSR count). The van der Waals surface area contributed by atoms with E-state index in [1.807, 2.05) is 4.90 Å². The number of halogens is 3. The number of rotatable bonds is 6. The first-order valence-electron chi connectivity index (χ1n) is 13.1. The maximum Gasteiger partial charge on any atom is 0.291 e. The number of carbonyl (C=O) groups excluding carboxylic acids is 3. The lowest BCUT2D eigenvalue weighted by Gasteiger charge is -2.68. The van der Waals surface area contributed by atoms with Crippen molar-refractivity contribution in [2.75, 3.05) is 38.6 Å². The van der Waals surface area contributed by atoms with Gasteiger partial charge in [0.15, 0.2) is 17.4 Å². The number of nitrogens with two attached hydrogens (primary N) is 1. The molecule has 2 bridgehead atoms. The zero-order chi connectivity index (χ0) is 29.1. The number of hydrogen-bond acceptors (Lipinski definition) is 6. The van der Waals surface area contributed by atoms with Gasteiger partial charge in [0.25, 0.3) is 11.8 Å². The number of amides is 3. The number of hydrogen-bond donors (Lipinski definition) is 3. The highest BCUT2D eigenvalue weighted by Gasteiger charge is 2.70. The highest BCUT2D eigenvalue weighted by Crippen LogP contribution is 2.66. The quantitative estimate of drug-likeness (QED) is 0.406. The van der Waals surface area contributed by atoms with Crippen LogP contribution in [0.25, 0.3) is 11.3 Å². The van der Waals surface area contributed by atoms with Gasteiger partial charge in [0.1, 0.15) is 0 Å². The molecule has 1 aromatic heterocycles. The predicted molar refractivity (Wildman–Crippen MR) is 146 cm³/mol. The fraction of sp³-hybridized carbons (Fsp3) is 0.357. The van der Waals surface area contributed by atoms with Gasteiger partial charge in [-0.2, -0.15) is 4.39 Å². The Morgan fingerprint density at radius 1 is 1.05 bits per heavy atom. The van der Waals surface area contributed by atoms with Gasteiger partial charge < -0.3 is 30.6 Å². The Morgan fingerprint density at radius 3 is 2.37 bits per heavy atom. The zero-order valence-electron chi connectivity index (χ0n) is 22.1. The Kier molecular flexibility index (Phi) is 6.50. The third-order valence-corrected chi connectivity index (χ3v) is 8.50. The fourth-order valence-corrected chi connectivity index (χ4v) is 6.40. The number of anilines is 1. The highest BCUT2D eigenvalue weighted by molar-refractivity contribution is 6.34. The molecule has 214 valence electrons. The number of benzene rings is 2. The molecule has 3 aromatic rings. The first-order chi connectivity index (χ1) is 19.5. The molecule has 10 nitrogen and oxygen atoms in total. The average Bonchev–Trinajstić information content (AvgIpc) is 3.42. The van der Waals surface area contributed by atoms with Crippen LogP contribution in [0.1, 0.15) is 40.2 Å². The van der Waals surface area contributed by atoms with Crippen LogP contribution in [0.5, 0.6) is 5.75 Å². The molecule has 13 heteroatoms. The molecule has 3 saturated carbocycles. The SMILES string of the molecule is COc1ccc(-c2cnc(C(=O)Nc3ccc(C(=O)N4CCN(C(=O)C56CC(N)(C5)C6)CC4)c(Cl)c3)[nH]2)c(F)c1F. The van der Waals surface area contributed by atoms with E-state index in [9.17, 15) is 23.2 Å². The molecule has 3 aliphatic carbocycles. The molecule has 0 radical (unpaired) electrons. The average molecular weight is 585 g/mol. The summed E-state index contributed by atoms with van der Waals surface area (Å²) in [7, 11) is 1.23. The number of imidazole rings is 1. The molecular formula is C28H27ClF2N6O4. The lowest BCUT2D eigenvalue weighted by Crippen LogP contribution is -2.77. The first kappa shape index (κ1) is 27.2. The second-order valence-corrected chi connectivity index (χ2v) is 11.4. The van der Waals surface area contributed by atoms with Crippen molar-refractivity contribution in [3.05, 3.63) is 64.6 Å². The molecule has 1 aliphatic heterocycles. The lowest BCUT2D eigenvalue weighted by molar-refractivity contribution is -0.185. The molecule has 2 heterocycles. The number of nitrogens with zero attached hydrogens (tertiary/aromatic N) is 3. The van der Waals surface area contributed by atoms with E-state index in [-0.39, 0.29) is 56.2 Å². The summed E-state index contributed by atoms with van der Waals surface area (Å²) in [6, 6.07) is 7.08. The number of H-pyrrole nitrogens is 1. The van der Waals surface area contributed by atoms with E-state index < -0.39 is 17.5 Å². The van der Waals surface area contributed by atoms with Crippen LogP contribution in [-0.2, 0) is 4.79 Å². The van der Waals surface area contributed by atoms with Crippen molar-refractivity contribution < 1.29 is 27.9 Å². The van der Waals surface area contributed by atoms with Gasteiger partial charge in [-0.15, -0.1) is 0 Å². The standard InChI is InChI=1S/C28H27ClF2N6O4/c1-41-20-5-4-17(21(30)22(20)31)19-11-33-23(35-19)24(38)34-15-2-3-16(18(29)10-15)25(39)36-6-8-37(9-7-36)26(40)27-12-28(32,13-27)14-27/h2-5,10-11H,6-9,12-14,32H2,1H3,(H,33,35)(H,34,38). The molecule has 2 aromatic carbocycles. The smallest absolute Gasteiger partial charge is 0.291 e. The number of aromatic amines is 1. The van der Waals surface area contributed by atoms with Crippen LogP contribution >= 0.6 is 11.6 Å². The fourth-order valence-electron chi connectivity index (χ4n) is 6.14. The summed E-state index contributed by atoms with van der Waals surface area (Å²) in [5.74, 6) is -3.45. The molecule has 0 spiro atoms. The van der Waals surface area contributed by atoms with Crippen molar-refractivity contribution in [2.24, 2.45) is 11.1 Å². The summed E-state index contributed by atoms with van der Waals surface area (Å²) in [5, 5.41) is 2.76. The van der Waals surface area contributed by atoms with Crippen molar-refractivity contribution in [1.82, 2.24) is 19.8 Å². The molecule has 0 unspecified atom stereocenters. The zero-order valence-corrected chi connectivity index (χ0v) is 22.9. The van der Waals surface area contributed by atoms with Gasteiger partial charge in [0.2, 0.25) is 11.7 Å². The second kappa shape index (κ2) is 9.81. The summed E-state index contributed by atoms with van der Waals surface area (Å²) in [4.78, 5) is 48.9. The van der Waals surface area contributed by atoms with E-state index in [1.165, 1.54) is 43.6 Å². The van der Waals surface area contributed by atoms with Crippen LogP contribution < -0.4 is 15.8 Å². The van der Waals surface area contributed by atoms with Gasteiger partial charge in [0.05, 0.1) is 35.0 Å². The molecule has 4 aliphatic rings. The summed E-state index contributed by atoms with van der Waals surface area (Å²) in [5.41, 5.74) is 6.23. The van der Waals surface area contributed by atoms with Gasteiger partial charge in [0, 0.05) is 43.0 Å². The van der Waals surface area contributed by atoms with Crippen LogP contribution in [0.3, 0.4) is 0 Å². The number of methoxy groups -OCH3 is 1. The minimum atomic E-state index is -1.15. The van der Waals surface area contributed by atoms with E-state index in [0.717, 1.165) is 19.3 Å². The molecule has 1 saturated heterocycles. The first-order valence-corrected chi connectivity index (χ1v) is 13.5. The van der Waals surface area contributed by atoms with Gasteiger partial charge in [-0.05, 0) is 49.6 Å². The number of carbonyl (C=O) groups is 3. The maximum absolute atomic E-state index is 14.4. The number of nitrogens with one attached hydrogen (secondary N) is 2. The third kappa shape index (κ3) is 4.60. The molecule has 4 N–H and O–H groups in total. The topological polar surface area (TPSA) is 134 Å². The molecule has 41 heavy (non-hydrogen) atoms. The lowest BCUT2D eigenvalue weighted by atomic mass is 9.39. The number of piperazine rings is 1. The molecule has 3 amide bonds. The van der Waals surface area contributed by atoms with Gasteiger partial charge in [-0.25, -0.2) is 9.37 Å². The summed E-state index contributed by atoms with van der Waals surface area (Å²) in [6.07, 6.45) is 3.46. The Bertz CT molecular complexity index is 1570. The van der Waals surface area contributed by atoms with Gasteiger partial charge in [-0.1, -0.05) is 11.6 Å². The number of aromatic nitrogens is 2. The second-order valence-electron chi connectivity index (χ2n) is 11.0. The Morgan fingerprint density at radius 2 is 1.73 bits per heavy atom. The van der Waals surface area contributed by atoms with E-state index in [4.69, 9.17) is 22.1 Å². The van der Waals surface area contributed by atoms with E-state index in [0.29, 0.717) is 31.9 Å². The van der Waals surface area contributed by atoms with Gasteiger partial charge in [-0.3, -0.25) is 14.4 Å². The minimum absolute atomic E-state index is 0.0995. The van der Waals surface area contributed by atoms with Crippen molar-refractivity contribution >= 4 is 35.0 Å². The molecular weight excluding hydrogens is 558 g/mol. The normalized spacial score (nSPS) is 23.0. The Labute approximate surface area is 238 Å². The van der Waals surface area contributed by atoms with Crippen LogP contribution in [-0.4, -0.2) is 76.3 Å². The van der Waals surface area contributed by atoms with Crippen LogP contribution in [0.2, 0.25) is 5.02 Å². The van der Waals surface area contributed by atoms with Crippen LogP contribution in [0.4, 0.5) is 14.5 Å². The summed E-state index contributed by atoms with van der Waals surface area (Å²) < 4.78 is 33.3. The van der Waals surface area contributed by atoms with Crippen LogP contribution in [0, 0.1) is 17.0 Å². The Balaban J connectivity index is 1.07. The maximum atomic E-state index is 14.4. The molecule has 0 atom stereocenters.